The zero-order valence-corrected chi connectivity index (χ0v) is 15.2. The average molecular weight is 366 g/mol. The van der Waals surface area contributed by atoms with E-state index >= 15 is 0 Å². The quantitative estimate of drug-likeness (QED) is 0.615. The predicted molar refractivity (Wildman–Crippen MR) is 91.6 cm³/mol. The molecule has 0 aliphatic carbocycles. The molecule has 132 valence electrons. The van der Waals surface area contributed by atoms with Crippen molar-refractivity contribution in [3.63, 3.8) is 0 Å². The number of methoxy groups -OCH3 is 1. The van der Waals surface area contributed by atoms with Gasteiger partial charge in [-0.3, -0.25) is 4.79 Å². The molecule has 0 heterocycles. The van der Waals surface area contributed by atoms with E-state index in [1.54, 1.807) is 33.3 Å². The summed E-state index contributed by atoms with van der Waals surface area (Å²) in [5.41, 5.74) is 0.339. The Balaban J connectivity index is 0.00000484. The minimum atomic E-state index is -3.63. The topological polar surface area (TPSA) is 87.7 Å². The minimum absolute atomic E-state index is 0. The lowest BCUT2D eigenvalue weighted by atomic mass is 10.2. The van der Waals surface area contributed by atoms with Gasteiger partial charge in [-0.2, -0.15) is 0 Å². The first-order chi connectivity index (χ1) is 10.4. The van der Waals surface area contributed by atoms with Crippen molar-refractivity contribution >= 4 is 28.3 Å². The van der Waals surface area contributed by atoms with E-state index in [0.29, 0.717) is 25.3 Å². The fraction of sp³-hybridized carbons (Fsp3) is 0.500. The van der Waals surface area contributed by atoms with Gasteiger partial charge in [0.2, 0.25) is 10.0 Å². The van der Waals surface area contributed by atoms with Gasteiger partial charge in [0.15, 0.2) is 0 Å². The van der Waals surface area contributed by atoms with Crippen molar-refractivity contribution in [1.29, 1.82) is 0 Å². The fourth-order valence-corrected chi connectivity index (χ4v) is 2.79. The van der Waals surface area contributed by atoms with Gasteiger partial charge in [-0.05, 0) is 18.2 Å². The van der Waals surface area contributed by atoms with Gasteiger partial charge in [0.25, 0.3) is 5.91 Å². The molecule has 1 amide bonds. The van der Waals surface area contributed by atoms with E-state index in [4.69, 9.17) is 4.74 Å². The van der Waals surface area contributed by atoms with E-state index < -0.39 is 10.0 Å². The number of amides is 1. The highest BCUT2D eigenvalue weighted by Gasteiger charge is 2.16. The van der Waals surface area contributed by atoms with E-state index in [0.717, 1.165) is 0 Å². The van der Waals surface area contributed by atoms with Crippen LogP contribution in [0.2, 0.25) is 0 Å². The summed E-state index contributed by atoms with van der Waals surface area (Å²) < 4.78 is 31.7. The summed E-state index contributed by atoms with van der Waals surface area (Å²) in [5, 5.41) is 3.04. The van der Waals surface area contributed by atoms with Crippen molar-refractivity contribution in [3.05, 3.63) is 29.8 Å². The van der Waals surface area contributed by atoms with Gasteiger partial charge in [-0.15, -0.1) is 12.4 Å². The average Bonchev–Trinajstić information content (AvgIpc) is 2.50. The SMILES string of the molecule is COCCNCCNS(=O)(=O)c1cccc(C(=O)N(C)C)c1.Cl. The second-order valence-corrected chi connectivity index (χ2v) is 6.63. The standard InChI is InChI=1S/C14H23N3O4S.ClH/c1-17(2)14(18)12-5-4-6-13(11-12)22(19,20)16-8-7-15-9-10-21-3;/h4-6,11,15-16H,7-10H2,1-3H3;1H. The molecule has 7 nitrogen and oxygen atoms in total. The zero-order chi connectivity index (χ0) is 16.6. The van der Waals surface area contributed by atoms with Crippen LogP contribution in [0.3, 0.4) is 0 Å². The highest BCUT2D eigenvalue weighted by Crippen LogP contribution is 2.12. The molecule has 1 aromatic carbocycles. The van der Waals surface area contributed by atoms with Crippen LogP contribution in [-0.2, 0) is 14.8 Å². The number of halogens is 1. The molecule has 0 aliphatic rings. The lowest BCUT2D eigenvalue weighted by Crippen LogP contribution is -2.33. The van der Waals surface area contributed by atoms with Crippen molar-refractivity contribution < 1.29 is 17.9 Å². The first kappa shape index (κ1) is 21.8. The maximum atomic E-state index is 12.2. The van der Waals surface area contributed by atoms with Crippen molar-refractivity contribution in [1.82, 2.24) is 14.9 Å². The molecule has 23 heavy (non-hydrogen) atoms. The molecule has 1 rings (SSSR count). The van der Waals surface area contributed by atoms with Crippen molar-refractivity contribution in [2.75, 3.05) is 47.4 Å². The van der Waals surface area contributed by atoms with E-state index in [2.05, 4.69) is 10.0 Å². The molecule has 0 aliphatic heterocycles. The molecule has 0 saturated carbocycles. The lowest BCUT2D eigenvalue weighted by Gasteiger charge is -2.12. The van der Waals surface area contributed by atoms with Gasteiger partial charge in [0.05, 0.1) is 11.5 Å². The van der Waals surface area contributed by atoms with Crippen LogP contribution >= 0.6 is 12.4 Å². The Morgan fingerprint density at radius 2 is 1.91 bits per heavy atom. The molecule has 0 atom stereocenters. The van der Waals surface area contributed by atoms with Crippen LogP contribution in [-0.4, -0.2) is 66.7 Å². The zero-order valence-electron chi connectivity index (χ0n) is 13.5. The number of hydrogen-bond acceptors (Lipinski definition) is 5. The van der Waals surface area contributed by atoms with Gasteiger partial charge in [0.1, 0.15) is 0 Å². The largest absolute Gasteiger partial charge is 0.383 e. The fourth-order valence-electron chi connectivity index (χ4n) is 1.71. The summed E-state index contributed by atoms with van der Waals surface area (Å²) in [4.78, 5) is 13.4. The number of ether oxygens (including phenoxy) is 1. The van der Waals surface area contributed by atoms with E-state index in [-0.39, 0.29) is 29.8 Å². The van der Waals surface area contributed by atoms with Crippen LogP contribution in [0.25, 0.3) is 0 Å². The van der Waals surface area contributed by atoms with Crippen LogP contribution in [0.5, 0.6) is 0 Å². The summed E-state index contributed by atoms with van der Waals surface area (Å²) >= 11 is 0. The van der Waals surface area contributed by atoms with Gasteiger partial charge in [-0.1, -0.05) is 6.07 Å². The Labute approximate surface area is 143 Å². The highest BCUT2D eigenvalue weighted by atomic mass is 35.5. The highest BCUT2D eigenvalue weighted by molar-refractivity contribution is 7.89. The number of nitrogens with one attached hydrogen (secondary N) is 2. The predicted octanol–water partition coefficient (Wildman–Crippen LogP) is 0.325. The number of carbonyl (C=O) groups excluding carboxylic acids is 1. The Kier molecular flexibility index (Phi) is 10.0. The molecule has 0 fully saturated rings. The van der Waals surface area contributed by atoms with Gasteiger partial charge in [0, 0.05) is 46.4 Å². The number of carbonyl (C=O) groups is 1. The Hall–Kier alpha value is -1.19. The summed E-state index contributed by atoms with van der Waals surface area (Å²) in [6.07, 6.45) is 0. The van der Waals surface area contributed by atoms with Crippen molar-refractivity contribution in [3.8, 4) is 0 Å². The van der Waals surface area contributed by atoms with Gasteiger partial charge in [-0.25, -0.2) is 13.1 Å². The Bertz CT molecular complexity index is 593. The minimum Gasteiger partial charge on any atom is -0.383 e. The lowest BCUT2D eigenvalue weighted by molar-refractivity contribution is 0.0827. The van der Waals surface area contributed by atoms with Gasteiger partial charge < -0.3 is 15.0 Å². The molecule has 0 unspecified atom stereocenters. The third-order valence-corrected chi connectivity index (χ3v) is 4.33. The molecule has 0 saturated heterocycles. The second-order valence-electron chi connectivity index (χ2n) is 4.87. The van der Waals surface area contributed by atoms with Crippen LogP contribution in [0, 0.1) is 0 Å². The van der Waals surface area contributed by atoms with Crippen molar-refractivity contribution in [2.45, 2.75) is 4.90 Å². The summed E-state index contributed by atoms with van der Waals surface area (Å²) in [6, 6.07) is 5.99. The molecule has 2 N–H and O–H groups in total. The number of nitrogens with zero attached hydrogens (tertiary/aromatic N) is 1. The monoisotopic (exact) mass is 365 g/mol. The molecule has 0 spiro atoms. The van der Waals surface area contributed by atoms with Crippen molar-refractivity contribution in [2.24, 2.45) is 0 Å². The normalized spacial score (nSPS) is 10.9. The third-order valence-electron chi connectivity index (χ3n) is 2.87. The second kappa shape index (κ2) is 10.6. The summed E-state index contributed by atoms with van der Waals surface area (Å²) in [7, 11) is 1.21. The number of hydrogen-bond donors (Lipinski definition) is 2. The third kappa shape index (κ3) is 7.28. The number of benzene rings is 1. The molecule has 0 radical (unpaired) electrons. The molecule has 0 bridgehead atoms. The van der Waals surface area contributed by atoms with E-state index in [9.17, 15) is 13.2 Å². The van der Waals surface area contributed by atoms with Crippen LogP contribution in [0.1, 0.15) is 10.4 Å². The van der Waals surface area contributed by atoms with Crippen LogP contribution in [0.4, 0.5) is 0 Å². The maximum Gasteiger partial charge on any atom is 0.253 e. The van der Waals surface area contributed by atoms with Crippen LogP contribution in [0.15, 0.2) is 29.2 Å². The molecular weight excluding hydrogens is 342 g/mol. The molecule has 1 aromatic rings. The Morgan fingerprint density at radius 3 is 2.52 bits per heavy atom. The molecule has 0 aromatic heterocycles. The molecule has 9 heteroatoms. The maximum absolute atomic E-state index is 12.2. The molecular formula is C14H24ClN3O4S. The van der Waals surface area contributed by atoms with Crippen LogP contribution < -0.4 is 10.0 Å². The Morgan fingerprint density at radius 1 is 1.22 bits per heavy atom. The summed E-state index contributed by atoms with van der Waals surface area (Å²) in [5.74, 6) is -0.238. The number of sulfonamides is 1. The van der Waals surface area contributed by atoms with Gasteiger partial charge >= 0.3 is 0 Å². The van der Waals surface area contributed by atoms with E-state index in [1.165, 1.54) is 17.0 Å². The van der Waals surface area contributed by atoms with E-state index in [1.807, 2.05) is 0 Å². The first-order valence-electron chi connectivity index (χ1n) is 6.89. The first-order valence-corrected chi connectivity index (χ1v) is 8.38. The summed E-state index contributed by atoms with van der Waals surface area (Å²) in [6.45, 7) is 1.99. The number of rotatable bonds is 9. The smallest absolute Gasteiger partial charge is 0.253 e.